The van der Waals surface area contributed by atoms with Gasteiger partial charge in [0.2, 0.25) is 0 Å². The van der Waals surface area contributed by atoms with Gasteiger partial charge in [-0.2, -0.15) is 5.10 Å². The predicted molar refractivity (Wildman–Crippen MR) is 48.9 cm³/mol. The van der Waals surface area contributed by atoms with Gasteiger partial charge in [0, 0.05) is 19.2 Å². The fourth-order valence-corrected chi connectivity index (χ4v) is 2.51. The molecular weight excluding hydrogens is 182 g/mol. The van der Waals surface area contributed by atoms with Crippen molar-refractivity contribution in [3.8, 4) is 0 Å². The van der Waals surface area contributed by atoms with Gasteiger partial charge in [-0.15, -0.1) is 0 Å². The minimum atomic E-state index is -0.635. The second-order valence-corrected chi connectivity index (χ2v) is 4.04. The lowest BCUT2D eigenvalue weighted by atomic mass is 10.2. The molecule has 0 spiro atoms. The van der Waals surface area contributed by atoms with Crippen molar-refractivity contribution in [2.24, 2.45) is 17.8 Å². The van der Waals surface area contributed by atoms with Crippen LogP contribution in [0.1, 0.15) is 0 Å². The van der Waals surface area contributed by atoms with E-state index in [1.165, 1.54) is 0 Å². The van der Waals surface area contributed by atoms with Crippen LogP contribution in [0.2, 0.25) is 0 Å². The number of aromatic nitrogens is 2. The zero-order valence-electron chi connectivity index (χ0n) is 7.55. The Balaban J connectivity index is 1.69. The summed E-state index contributed by atoms with van der Waals surface area (Å²) < 4.78 is 0. The fraction of sp³-hybridized carbons (Fsp3) is 0.556. The van der Waals surface area contributed by atoms with Gasteiger partial charge in [-0.25, -0.2) is 0 Å². The van der Waals surface area contributed by atoms with E-state index in [1.807, 2.05) is 6.07 Å². The van der Waals surface area contributed by atoms with Gasteiger partial charge in [0.05, 0.1) is 12.1 Å². The average molecular weight is 193 g/mol. The quantitative estimate of drug-likeness (QED) is 0.702. The first-order valence-electron chi connectivity index (χ1n) is 4.74. The minimum absolute atomic E-state index is 0.0887. The normalized spacial score (nSPS) is 34.3. The lowest BCUT2D eigenvalue weighted by Crippen LogP contribution is -2.26. The summed E-state index contributed by atoms with van der Waals surface area (Å²) >= 11 is 0. The van der Waals surface area contributed by atoms with Crippen molar-refractivity contribution >= 4 is 11.8 Å². The largest absolute Gasteiger partial charge is 0.481 e. The molecule has 74 valence electrons. The van der Waals surface area contributed by atoms with Crippen molar-refractivity contribution in [2.75, 3.05) is 18.0 Å². The van der Waals surface area contributed by atoms with Crippen LogP contribution in [-0.2, 0) is 4.79 Å². The van der Waals surface area contributed by atoms with Gasteiger partial charge in [0.1, 0.15) is 5.82 Å². The number of carboxylic acids is 1. The van der Waals surface area contributed by atoms with Gasteiger partial charge >= 0.3 is 5.97 Å². The number of hydrogen-bond donors (Lipinski definition) is 2. The van der Waals surface area contributed by atoms with Gasteiger partial charge in [0.25, 0.3) is 0 Å². The molecule has 1 aromatic heterocycles. The third kappa shape index (κ3) is 0.950. The Bertz CT molecular complexity index is 350. The van der Waals surface area contributed by atoms with Crippen LogP contribution in [0.4, 0.5) is 5.82 Å². The summed E-state index contributed by atoms with van der Waals surface area (Å²) in [5, 5.41) is 15.6. The van der Waals surface area contributed by atoms with Crippen molar-refractivity contribution in [1.82, 2.24) is 10.2 Å². The summed E-state index contributed by atoms with van der Waals surface area (Å²) in [6.07, 6.45) is 1.72. The number of anilines is 1. The molecule has 5 heteroatoms. The van der Waals surface area contributed by atoms with E-state index in [0.717, 1.165) is 18.9 Å². The number of rotatable bonds is 2. The van der Waals surface area contributed by atoms with Gasteiger partial charge in [-0.05, 0) is 11.8 Å². The van der Waals surface area contributed by atoms with Crippen LogP contribution in [0.15, 0.2) is 12.3 Å². The van der Waals surface area contributed by atoms with E-state index < -0.39 is 5.97 Å². The summed E-state index contributed by atoms with van der Waals surface area (Å²) in [5.41, 5.74) is 0. The molecule has 2 atom stereocenters. The summed E-state index contributed by atoms with van der Waals surface area (Å²) in [6.45, 7) is 1.70. The summed E-state index contributed by atoms with van der Waals surface area (Å²) in [5.74, 6) is 0.992. The van der Waals surface area contributed by atoms with Crippen molar-refractivity contribution < 1.29 is 9.90 Å². The van der Waals surface area contributed by atoms with Crippen LogP contribution in [0.25, 0.3) is 0 Å². The molecule has 5 nitrogen and oxygen atoms in total. The SMILES string of the molecule is O=C(O)C1C2CN(c3ccn[nH]3)CC21. The summed E-state index contributed by atoms with van der Waals surface area (Å²) in [6, 6.07) is 1.92. The molecule has 1 aliphatic carbocycles. The molecule has 14 heavy (non-hydrogen) atoms. The fourth-order valence-electron chi connectivity index (χ4n) is 2.51. The Labute approximate surface area is 80.7 Å². The molecular formula is C9H11N3O2. The molecule has 0 amide bonds. The topological polar surface area (TPSA) is 69.2 Å². The Morgan fingerprint density at radius 3 is 2.79 bits per heavy atom. The highest BCUT2D eigenvalue weighted by molar-refractivity contribution is 5.75. The molecule has 0 bridgehead atoms. The molecule has 2 N–H and O–H groups in total. The zero-order valence-corrected chi connectivity index (χ0v) is 7.55. The van der Waals surface area contributed by atoms with Crippen molar-refractivity contribution in [3.63, 3.8) is 0 Å². The molecule has 2 unspecified atom stereocenters. The number of aromatic amines is 1. The number of carbonyl (C=O) groups is 1. The molecule has 2 aliphatic rings. The van der Waals surface area contributed by atoms with Crippen LogP contribution in [0, 0.1) is 17.8 Å². The number of hydrogen-bond acceptors (Lipinski definition) is 3. The minimum Gasteiger partial charge on any atom is -0.481 e. The van der Waals surface area contributed by atoms with Crippen LogP contribution in [0.3, 0.4) is 0 Å². The maximum absolute atomic E-state index is 10.7. The Hall–Kier alpha value is -1.52. The number of piperidine rings is 1. The van der Waals surface area contributed by atoms with Crippen LogP contribution >= 0.6 is 0 Å². The van der Waals surface area contributed by atoms with E-state index in [-0.39, 0.29) is 5.92 Å². The van der Waals surface area contributed by atoms with E-state index in [1.54, 1.807) is 6.20 Å². The standard InChI is InChI=1S/C9H11N3O2/c13-9(14)8-5-3-12(4-6(5)8)7-1-2-10-11-7/h1-2,5-6,8H,3-4H2,(H,10,11)(H,13,14). The van der Waals surface area contributed by atoms with Gasteiger partial charge in [-0.1, -0.05) is 0 Å². The molecule has 1 aromatic rings. The van der Waals surface area contributed by atoms with E-state index >= 15 is 0 Å². The smallest absolute Gasteiger partial charge is 0.307 e. The van der Waals surface area contributed by atoms with Crippen molar-refractivity contribution in [3.05, 3.63) is 12.3 Å². The first-order valence-corrected chi connectivity index (χ1v) is 4.74. The number of nitrogens with zero attached hydrogens (tertiary/aromatic N) is 2. The number of H-pyrrole nitrogens is 1. The van der Waals surface area contributed by atoms with Crippen molar-refractivity contribution in [2.45, 2.75) is 0 Å². The Morgan fingerprint density at radius 1 is 1.57 bits per heavy atom. The molecule has 0 aromatic carbocycles. The highest BCUT2D eigenvalue weighted by Gasteiger charge is 2.59. The van der Waals surface area contributed by atoms with Crippen molar-refractivity contribution in [1.29, 1.82) is 0 Å². The molecule has 1 saturated heterocycles. The van der Waals surface area contributed by atoms with E-state index in [9.17, 15) is 4.79 Å². The first-order chi connectivity index (χ1) is 6.77. The van der Waals surface area contributed by atoms with E-state index in [2.05, 4.69) is 15.1 Å². The second kappa shape index (κ2) is 2.50. The number of nitrogens with one attached hydrogen (secondary N) is 1. The highest BCUT2D eigenvalue weighted by atomic mass is 16.4. The highest BCUT2D eigenvalue weighted by Crippen LogP contribution is 2.52. The Morgan fingerprint density at radius 2 is 2.29 bits per heavy atom. The summed E-state index contributed by atoms with van der Waals surface area (Å²) in [4.78, 5) is 12.9. The average Bonchev–Trinajstić information content (AvgIpc) is 2.62. The molecule has 0 radical (unpaired) electrons. The van der Waals surface area contributed by atoms with Crippen LogP contribution < -0.4 is 4.90 Å². The predicted octanol–water partition coefficient (Wildman–Crippen LogP) is 0.176. The van der Waals surface area contributed by atoms with Gasteiger partial charge < -0.3 is 10.0 Å². The number of carboxylic acid groups (broad SMARTS) is 1. The zero-order chi connectivity index (χ0) is 9.71. The number of fused-ring (bicyclic) bond motifs is 1. The monoisotopic (exact) mass is 193 g/mol. The molecule has 2 heterocycles. The maximum Gasteiger partial charge on any atom is 0.307 e. The maximum atomic E-state index is 10.7. The lowest BCUT2D eigenvalue weighted by Gasteiger charge is -2.18. The molecule has 3 rings (SSSR count). The van der Waals surface area contributed by atoms with E-state index in [0.29, 0.717) is 11.8 Å². The van der Waals surface area contributed by atoms with E-state index in [4.69, 9.17) is 5.11 Å². The lowest BCUT2D eigenvalue weighted by molar-refractivity contribution is -0.139. The Kier molecular flexibility index (Phi) is 1.40. The summed E-state index contributed by atoms with van der Waals surface area (Å²) in [7, 11) is 0. The first kappa shape index (κ1) is 7.84. The second-order valence-electron chi connectivity index (χ2n) is 4.04. The van der Waals surface area contributed by atoms with Crippen LogP contribution in [0.5, 0.6) is 0 Å². The third-order valence-corrected chi connectivity index (χ3v) is 3.31. The van der Waals surface area contributed by atoms with Gasteiger partial charge in [-0.3, -0.25) is 9.89 Å². The molecule has 1 aliphatic heterocycles. The molecule has 1 saturated carbocycles. The van der Waals surface area contributed by atoms with Gasteiger partial charge in [0.15, 0.2) is 0 Å². The third-order valence-electron chi connectivity index (χ3n) is 3.31. The molecule has 2 fully saturated rings. The van der Waals surface area contributed by atoms with Crippen LogP contribution in [-0.4, -0.2) is 34.4 Å². The number of aliphatic carboxylic acids is 1.